The number of carbonyl (C=O) groups excluding carboxylic acids is 1. The Morgan fingerprint density at radius 1 is 1.04 bits per heavy atom. The second-order valence-corrected chi connectivity index (χ2v) is 6.26. The minimum atomic E-state index is -0.267. The summed E-state index contributed by atoms with van der Waals surface area (Å²) in [6.45, 7) is 3.14. The molecule has 4 nitrogen and oxygen atoms in total. The third-order valence-corrected chi connectivity index (χ3v) is 4.48. The summed E-state index contributed by atoms with van der Waals surface area (Å²) in [5.41, 5.74) is 2.61. The number of ether oxygens (including phenoxy) is 2. The van der Waals surface area contributed by atoms with E-state index < -0.39 is 0 Å². The number of hydrogen-bond donors (Lipinski definition) is 1. The molecule has 1 N–H and O–H groups in total. The first kappa shape index (κ1) is 14.1. The highest BCUT2D eigenvalue weighted by atomic mass is 16.6. The van der Waals surface area contributed by atoms with Crippen LogP contribution in [0.4, 0.5) is 0 Å². The summed E-state index contributed by atoms with van der Waals surface area (Å²) in [5.74, 6) is 1.52. The summed E-state index contributed by atoms with van der Waals surface area (Å²) >= 11 is 0. The molecule has 0 aromatic heterocycles. The van der Waals surface area contributed by atoms with Gasteiger partial charge in [-0.3, -0.25) is 4.79 Å². The molecule has 1 heterocycles. The lowest BCUT2D eigenvalue weighted by atomic mass is 10.0. The van der Waals surface area contributed by atoms with E-state index in [4.69, 9.17) is 9.47 Å². The molecule has 0 bridgehead atoms. The summed E-state index contributed by atoms with van der Waals surface area (Å²) in [7, 11) is 0. The van der Waals surface area contributed by atoms with E-state index in [2.05, 4.69) is 5.32 Å². The van der Waals surface area contributed by atoms with Gasteiger partial charge in [0.1, 0.15) is 13.2 Å². The summed E-state index contributed by atoms with van der Waals surface area (Å²) in [6, 6.07) is 13.6. The van der Waals surface area contributed by atoms with Gasteiger partial charge in [0.25, 0.3) is 5.91 Å². The third kappa shape index (κ3) is 2.65. The van der Waals surface area contributed by atoms with Gasteiger partial charge in [0.2, 0.25) is 0 Å². The minimum Gasteiger partial charge on any atom is -0.486 e. The predicted octanol–water partition coefficient (Wildman–Crippen LogP) is 3.19. The molecule has 0 saturated heterocycles. The molecule has 23 heavy (non-hydrogen) atoms. The Labute approximate surface area is 135 Å². The van der Waals surface area contributed by atoms with Crippen molar-refractivity contribution in [1.29, 1.82) is 0 Å². The van der Waals surface area contributed by atoms with Crippen LogP contribution in [-0.4, -0.2) is 19.1 Å². The Bertz CT molecular complexity index is 765. The number of aryl methyl sites for hydroxylation is 1. The molecule has 4 rings (SSSR count). The van der Waals surface area contributed by atoms with Crippen molar-refractivity contribution < 1.29 is 14.3 Å². The quantitative estimate of drug-likeness (QED) is 0.947. The van der Waals surface area contributed by atoms with Gasteiger partial charge in [0.15, 0.2) is 11.5 Å². The lowest BCUT2D eigenvalue weighted by Gasteiger charge is -2.23. The van der Waals surface area contributed by atoms with Gasteiger partial charge in [0.05, 0.1) is 5.54 Å². The van der Waals surface area contributed by atoms with Crippen molar-refractivity contribution >= 4 is 5.91 Å². The van der Waals surface area contributed by atoms with Gasteiger partial charge in [-0.05, 0) is 49.6 Å². The van der Waals surface area contributed by atoms with Crippen molar-refractivity contribution in [3.8, 4) is 11.5 Å². The van der Waals surface area contributed by atoms with Crippen molar-refractivity contribution in [2.24, 2.45) is 0 Å². The van der Waals surface area contributed by atoms with Gasteiger partial charge < -0.3 is 14.8 Å². The summed E-state index contributed by atoms with van der Waals surface area (Å²) < 4.78 is 11.2. The highest BCUT2D eigenvalue weighted by molar-refractivity contribution is 5.95. The summed E-state index contributed by atoms with van der Waals surface area (Å²) in [5, 5.41) is 3.20. The monoisotopic (exact) mass is 309 g/mol. The summed E-state index contributed by atoms with van der Waals surface area (Å²) in [6.07, 6.45) is 1.90. The van der Waals surface area contributed by atoms with Crippen molar-refractivity contribution in [1.82, 2.24) is 5.32 Å². The predicted molar refractivity (Wildman–Crippen MR) is 87.0 cm³/mol. The first-order valence-electron chi connectivity index (χ1n) is 7.96. The first-order chi connectivity index (χ1) is 11.2. The van der Waals surface area contributed by atoms with E-state index in [-0.39, 0.29) is 11.4 Å². The normalized spacial score (nSPS) is 17.4. The van der Waals surface area contributed by atoms with Crippen LogP contribution in [0.15, 0.2) is 42.5 Å². The SMILES string of the molecule is Cc1cccc(C(=O)NC2(c3ccc4c(c3)OCCO4)CC2)c1. The number of hydrogen-bond acceptors (Lipinski definition) is 3. The van der Waals surface area contributed by atoms with E-state index in [1.165, 1.54) is 0 Å². The van der Waals surface area contributed by atoms with Crippen LogP contribution in [0.2, 0.25) is 0 Å². The van der Waals surface area contributed by atoms with E-state index in [1.54, 1.807) is 0 Å². The number of benzene rings is 2. The van der Waals surface area contributed by atoms with Gasteiger partial charge in [-0.2, -0.15) is 0 Å². The molecule has 1 fully saturated rings. The molecule has 0 unspecified atom stereocenters. The van der Waals surface area contributed by atoms with Crippen LogP contribution in [-0.2, 0) is 5.54 Å². The second-order valence-electron chi connectivity index (χ2n) is 6.26. The lowest BCUT2D eigenvalue weighted by molar-refractivity contribution is 0.0930. The van der Waals surface area contributed by atoms with Crippen molar-refractivity contribution in [3.63, 3.8) is 0 Å². The molecule has 1 aliphatic heterocycles. The highest BCUT2D eigenvalue weighted by Gasteiger charge is 2.46. The van der Waals surface area contributed by atoms with Crippen LogP contribution in [0.1, 0.15) is 34.3 Å². The van der Waals surface area contributed by atoms with E-state index in [9.17, 15) is 4.79 Å². The Kier molecular flexibility index (Phi) is 3.26. The topological polar surface area (TPSA) is 47.6 Å². The second kappa shape index (κ2) is 5.30. The fourth-order valence-corrected chi connectivity index (χ4v) is 3.03. The number of fused-ring (bicyclic) bond motifs is 1. The zero-order chi connectivity index (χ0) is 15.9. The van der Waals surface area contributed by atoms with Crippen LogP contribution in [0, 0.1) is 6.92 Å². The standard InChI is InChI=1S/C19H19NO3/c1-13-3-2-4-14(11-13)18(21)20-19(7-8-19)15-5-6-16-17(12-15)23-10-9-22-16/h2-6,11-12H,7-10H2,1H3,(H,20,21). The zero-order valence-electron chi connectivity index (χ0n) is 13.1. The van der Waals surface area contributed by atoms with Gasteiger partial charge >= 0.3 is 0 Å². The van der Waals surface area contributed by atoms with Gasteiger partial charge in [-0.15, -0.1) is 0 Å². The number of amides is 1. The van der Waals surface area contributed by atoms with E-state index in [1.807, 2.05) is 49.4 Å². The molecule has 1 aliphatic carbocycles. The Morgan fingerprint density at radius 2 is 1.83 bits per heavy atom. The van der Waals surface area contributed by atoms with Crippen LogP contribution < -0.4 is 14.8 Å². The molecule has 2 aliphatic rings. The molecule has 4 heteroatoms. The van der Waals surface area contributed by atoms with Crippen LogP contribution >= 0.6 is 0 Å². The molecule has 2 aromatic carbocycles. The van der Waals surface area contributed by atoms with E-state index >= 15 is 0 Å². The Balaban J connectivity index is 1.58. The third-order valence-electron chi connectivity index (χ3n) is 4.48. The lowest BCUT2D eigenvalue weighted by Crippen LogP contribution is -2.35. The average molecular weight is 309 g/mol. The largest absolute Gasteiger partial charge is 0.486 e. The smallest absolute Gasteiger partial charge is 0.251 e. The van der Waals surface area contributed by atoms with E-state index in [0.717, 1.165) is 35.5 Å². The van der Waals surface area contributed by atoms with E-state index in [0.29, 0.717) is 18.8 Å². The van der Waals surface area contributed by atoms with Crippen molar-refractivity contribution in [2.45, 2.75) is 25.3 Å². The van der Waals surface area contributed by atoms with Gasteiger partial charge in [-0.25, -0.2) is 0 Å². The van der Waals surface area contributed by atoms with Crippen LogP contribution in [0.5, 0.6) is 11.5 Å². The molecule has 0 spiro atoms. The average Bonchev–Trinajstić information content (AvgIpc) is 3.35. The van der Waals surface area contributed by atoms with Crippen LogP contribution in [0.25, 0.3) is 0 Å². The first-order valence-corrected chi connectivity index (χ1v) is 7.96. The van der Waals surface area contributed by atoms with Crippen LogP contribution in [0.3, 0.4) is 0 Å². The highest BCUT2D eigenvalue weighted by Crippen LogP contribution is 2.48. The van der Waals surface area contributed by atoms with Crippen molar-refractivity contribution in [2.75, 3.05) is 13.2 Å². The fraction of sp³-hybridized carbons (Fsp3) is 0.316. The molecule has 1 saturated carbocycles. The minimum absolute atomic E-state index is 0.0268. The maximum atomic E-state index is 12.5. The molecular weight excluding hydrogens is 290 g/mol. The number of carbonyl (C=O) groups is 1. The molecule has 118 valence electrons. The molecule has 0 atom stereocenters. The van der Waals surface area contributed by atoms with Gasteiger partial charge in [-0.1, -0.05) is 23.8 Å². The molecule has 2 aromatic rings. The number of nitrogens with one attached hydrogen (secondary N) is 1. The summed E-state index contributed by atoms with van der Waals surface area (Å²) in [4.78, 5) is 12.5. The molecule has 0 radical (unpaired) electrons. The number of rotatable bonds is 3. The molecule has 1 amide bonds. The van der Waals surface area contributed by atoms with Crippen molar-refractivity contribution in [3.05, 3.63) is 59.2 Å². The molecular formula is C19H19NO3. The maximum Gasteiger partial charge on any atom is 0.251 e. The van der Waals surface area contributed by atoms with Gasteiger partial charge in [0, 0.05) is 5.56 Å². The fourth-order valence-electron chi connectivity index (χ4n) is 3.03. The Hall–Kier alpha value is -2.49. The Morgan fingerprint density at radius 3 is 2.57 bits per heavy atom. The maximum absolute atomic E-state index is 12.5. The zero-order valence-corrected chi connectivity index (χ0v) is 13.1.